The van der Waals surface area contributed by atoms with E-state index in [2.05, 4.69) is 19.9 Å². The van der Waals surface area contributed by atoms with E-state index < -0.39 is 31.2 Å². The van der Waals surface area contributed by atoms with Crippen LogP contribution in [0.15, 0.2) is 30.3 Å². The summed E-state index contributed by atoms with van der Waals surface area (Å²) in [4.78, 5) is 20.6. The summed E-state index contributed by atoms with van der Waals surface area (Å²) in [5.74, 6) is 0.916. The van der Waals surface area contributed by atoms with Gasteiger partial charge in [-0.3, -0.25) is 4.74 Å². The lowest BCUT2D eigenvalue weighted by molar-refractivity contribution is -0.340. The van der Waals surface area contributed by atoms with Crippen molar-refractivity contribution in [2.45, 2.75) is 31.9 Å². The minimum absolute atomic E-state index is 0.0984. The van der Waals surface area contributed by atoms with Crippen LogP contribution >= 0.6 is 0 Å². The zero-order valence-corrected chi connectivity index (χ0v) is 20.9. The fourth-order valence-electron chi connectivity index (χ4n) is 4.32. The van der Waals surface area contributed by atoms with Crippen molar-refractivity contribution in [1.82, 2.24) is 9.88 Å². The predicted molar refractivity (Wildman–Crippen MR) is 132 cm³/mol. The number of nitrogens with zero attached hydrogens (tertiary/aromatic N) is 3. The molecule has 2 atom stereocenters. The molecule has 1 aromatic carbocycles. The Bertz CT molecular complexity index is 1110. The molecule has 3 N–H and O–H groups in total. The molecule has 1 aromatic heterocycles. The summed E-state index contributed by atoms with van der Waals surface area (Å²) in [7, 11) is 0. The van der Waals surface area contributed by atoms with Gasteiger partial charge in [0.05, 0.1) is 25.9 Å². The van der Waals surface area contributed by atoms with Gasteiger partial charge in [0.2, 0.25) is 5.88 Å². The van der Waals surface area contributed by atoms with Crippen LogP contribution in [-0.2, 0) is 9.47 Å². The van der Waals surface area contributed by atoms with E-state index in [0.717, 1.165) is 16.7 Å². The van der Waals surface area contributed by atoms with Crippen molar-refractivity contribution in [3.05, 3.63) is 35.9 Å². The molecule has 13 heteroatoms. The molecule has 2 aliphatic rings. The van der Waals surface area contributed by atoms with Crippen molar-refractivity contribution >= 4 is 17.5 Å². The van der Waals surface area contributed by atoms with Crippen LogP contribution in [0.25, 0.3) is 11.1 Å². The molecular weight excluding hydrogens is 509 g/mol. The molecule has 2 aliphatic heterocycles. The quantitative estimate of drug-likeness (QED) is 0.468. The highest BCUT2D eigenvalue weighted by Gasteiger charge is 2.37. The Morgan fingerprint density at radius 2 is 2.00 bits per heavy atom. The number of aliphatic hydroxyl groups excluding tert-OH is 2. The lowest BCUT2D eigenvalue weighted by Gasteiger charge is -2.28. The smallest absolute Gasteiger partial charge is 0.475 e. The van der Waals surface area contributed by atoms with Crippen molar-refractivity contribution in [3.63, 3.8) is 0 Å². The summed E-state index contributed by atoms with van der Waals surface area (Å²) in [6, 6.07) is 8.41. The zero-order chi connectivity index (χ0) is 27.3. The van der Waals surface area contributed by atoms with Crippen LogP contribution in [0.4, 0.5) is 29.5 Å². The molecule has 10 nitrogen and oxygen atoms in total. The maximum absolute atomic E-state index is 12.7. The summed E-state index contributed by atoms with van der Waals surface area (Å²) in [5.41, 5.74) is 2.91. The highest BCUT2D eigenvalue weighted by Crippen LogP contribution is 2.32. The second-order valence-electron chi connectivity index (χ2n) is 9.18. The van der Waals surface area contributed by atoms with Crippen LogP contribution < -0.4 is 15.0 Å². The largest absolute Gasteiger partial charge is 0.522 e. The number of carbonyl (C=O) groups is 1. The van der Waals surface area contributed by atoms with Gasteiger partial charge in [0.15, 0.2) is 0 Å². The van der Waals surface area contributed by atoms with Crippen molar-refractivity contribution in [3.8, 4) is 17.0 Å². The Balaban J connectivity index is 1.54. The van der Waals surface area contributed by atoms with Crippen molar-refractivity contribution in [2.24, 2.45) is 0 Å². The van der Waals surface area contributed by atoms with Gasteiger partial charge in [-0.2, -0.15) is 4.98 Å². The number of carbonyl (C=O) groups excluding carboxylic acids is 1. The van der Waals surface area contributed by atoms with Crippen molar-refractivity contribution < 1.29 is 42.4 Å². The van der Waals surface area contributed by atoms with Crippen LogP contribution in [0.5, 0.6) is 5.88 Å². The number of urea groups is 1. The number of ether oxygens (including phenoxy) is 3. The lowest BCUT2D eigenvalue weighted by Crippen LogP contribution is -2.36. The number of hydrogen-bond acceptors (Lipinski definition) is 8. The summed E-state index contributed by atoms with van der Waals surface area (Å²) < 4.78 is 52.7. The number of rotatable bonds is 8. The first-order valence-corrected chi connectivity index (χ1v) is 12.3. The van der Waals surface area contributed by atoms with Gasteiger partial charge >= 0.3 is 12.4 Å². The molecule has 2 saturated heterocycles. The molecule has 0 bridgehead atoms. The molecular formula is C25H31F3N4O6. The van der Waals surface area contributed by atoms with Gasteiger partial charge < -0.3 is 34.8 Å². The van der Waals surface area contributed by atoms with E-state index in [-0.39, 0.29) is 32.0 Å². The molecule has 0 radical (unpaired) electrons. The topological polar surface area (TPSA) is 117 Å². The first kappa shape index (κ1) is 27.9. The number of likely N-dealkylation sites (tertiary alicyclic amines) is 1. The number of aliphatic hydroxyl groups is 2. The highest BCUT2D eigenvalue weighted by atomic mass is 19.4. The summed E-state index contributed by atoms with van der Waals surface area (Å²) in [6.07, 6.45) is -6.79. The fraction of sp³-hybridized carbons (Fsp3) is 0.520. The Labute approximate surface area is 217 Å². The number of alkyl halides is 3. The standard InChI is InChI=1S/C25H31F3N4O6/c1-16-2-3-18(29-24(35)32-5-4-20(13-32)38-25(26,27)28)12-21(16)17-10-22(31-6-8-36-9-7-31)30-23(11-17)37-15-19(34)14-33/h2-3,10-12,19-20,33-34H,4-9,13-15H2,1H3,(H,29,35)/t19-,20+/m1/s1. The predicted octanol–water partition coefficient (Wildman–Crippen LogP) is 2.77. The van der Waals surface area contributed by atoms with E-state index in [0.29, 0.717) is 37.8 Å². The van der Waals surface area contributed by atoms with E-state index in [1.807, 2.05) is 19.1 Å². The molecule has 0 unspecified atom stereocenters. The number of nitrogens with one attached hydrogen (secondary N) is 1. The highest BCUT2D eigenvalue weighted by molar-refractivity contribution is 5.90. The minimum atomic E-state index is -4.74. The molecule has 0 saturated carbocycles. The number of pyridine rings is 1. The fourth-order valence-corrected chi connectivity index (χ4v) is 4.32. The zero-order valence-electron chi connectivity index (χ0n) is 20.9. The molecule has 0 spiro atoms. The van der Waals surface area contributed by atoms with Gasteiger partial charge in [-0.25, -0.2) is 4.79 Å². The SMILES string of the molecule is Cc1ccc(NC(=O)N2CC[C@H](OC(F)(F)F)C2)cc1-c1cc(OC[C@H](O)CO)nc(N2CCOCC2)c1. The van der Waals surface area contributed by atoms with E-state index in [1.54, 1.807) is 18.2 Å². The maximum atomic E-state index is 12.7. The summed E-state index contributed by atoms with van der Waals surface area (Å²) in [5, 5.41) is 21.6. The summed E-state index contributed by atoms with van der Waals surface area (Å²) >= 11 is 0. The van der Waals surface area contributed by atoms with Crippen LogP contribution in [0.2, 0.25) is 0 Å². The first-order chi connectivity index (χ1) is 18.1. The third-order valence-corrected chi connectivity index (χ3v) is 6.29. The van der Waals surface area contributed by atoms with Gasteiger partial charge in [0, 0.05) is 37.9 Å². The van der Waals surface area contributed by atoms with Crippen molar-refractivity contribution in [1.29, 1.82) is 0 Å². The Morgan fingerprint density at radius 3 is 2.71 bits per heavy atom. The molecule has 208 valence electrons. The second-order valence-corrected chi connectivity index (χ2v) is 9.18. The lowest BCUT2D eigenvalue weighted by atomic mass is 10.0. The Morgan fingerprint density at radius 1 is 1.24 bits per heavy atom. The second kappa shape index (κ2) is 12.2. The van der Waals surface area contributed by atoms with Gasteiger partial charge in [-0.1, -0.05) is 6.07 Å². The van der Waals surface area contributed by atoms with Gasteiger partial charge in [0.25, 0.3) is 0 Å². The molecule has 38 heavy (non-hydrogen) atoms. The first-order valence-electron chi connectivity index (χ1n) is 12.3. The van der Waals surface area contributed by atoms with E-state index in [9.17, 15) is 23.1 Å². The van der Waals surface area contributed by atoms with E-state index in [4.69, 9.17) is 14.6 Å². The van der Waals surface area contributed by atoms with E-state index >= 15 is 0 Å². The number of morpholine rings is 1. The molecule has 3 heterocycles. The average molecular weight is 541 g/mol. The van der Waals surface area contributed by atoms with Gasteiger partial charge in [-0.05, 0) is 48.2 Å². The molecule has 2 fully saturated rings. The number of aromatic nitrogens is 1. The van der Waals surface area contributed by atoms with Crippen LogP contribution in [0.3, 0.4) is 0 Å². The number of aryl methyl sites for hydroxylation is 1. The molecule has 2 amide bonds. The number of halogens is 3. The molecule has 2 aromatic rings. The molecule has 0 aliphatic carbocycles. The monoisotopic (exact) mass is 540 g/mol. The summed E-state index contributed by atoms with van der Waals surface area (Å²) in [6.45, 7) is 3.70. The van der Waals surface area contributed by atoms with Crippen LogP contribution in [-0.4, -0.2) is 97.3 Å². The number of hydrogen-bond donors (Lipinski definition) is 3. The van der Waals surface area contributed by atoms with Crippen molar-refractivity contribution in [2.75, 3.05) is 62.8 Å². The van der Waals surface area contributed by atoms with Gasteiger partial charge in [0.1, 0.15) is 18.5 Å². The van der Waals surface area contributed by atoms with E-state index in [1.165, 1.54) is 4.90 Å². The Hall–Kier alpha value is -3.13. The minimum Gasteiger partial charge on any atom is -0.475 e. The number of anilines is 2. The van der Waals surface area contributed by atoms with Gasteiger partial charge in [-0.15, -0.1) is 13.2 Å². The van der Waals surface area contributed by atoms with Crippen LogP contribution in [0.1, 0.15) is 12.0 Å². The maximum Gasteiger partial charge on any atom is 0.522 e. The number of amides is 2. The number of benzene rings is 1. The average Bonchev–Trinajstić information content (AvgIpc) is 3.35. The Kier molecular flexibility index (Phi) is 8.92. The molecule has 4 rings (SSSR count). The third kappa shape index (κ3) is 7.47. The van der Waals surface area contributed by atoms with Crippen LogP contribution in [0, 0.1) is 6.92 Å². The normalized spacial score (nSPS) is 18.9. The third-order valence-electron chi connectivity index (χ3n) is 6.29.